The van der Waals surface area contributed by atoms with Crippen LogP contribution in [0.15, 0.2) is 0 Å². The number of halogens is 1. The number of rotatable bonds is 7. The van der Waals surface area contributed by atoms with Gasteiger partial charge in [0.05, 0.1) is 11.5 Å². The molecule has 0 spiro atoms. The fourth-order valence-corrected chi connectivity index (χ4v) is 5.37. The predicted octanol–water partition coefficient (Wildman–Crippen LogP) is 2.78. The molecule has 0 bridgehead atoms. The Morgan fingerprint density at radius 1 is 1.24 bits per heavy atom. The van der Waals surface area contributed by atoms with Crippen LogP contribution in [0, 0.1) is 5.41 Å². The number of hydrogen-bond acceptors (Lipinski definition) is 3. The Labute approximate surface area is 113 Å². The molecule has 0 atom stereocenters. The molecule has 0 radical (unpaired) electrons. The first kappa shape index (κ1) is 15.4. The molecule has 5 heteroatoms. The van der Waals surface area contributed by atoms with Gasteiger partial charge in [0.25, 0.3) is 0 Å². The van der Waals surface area contributed by atoms with Crippen LogP contribution in [0.4, 0.5) is 0 Å². The molecule has 0 aromatic heterocycles. The zero-order valence-electron chi connectivity index (χ0n) is 10.6. The molecule has 1 aliphatic rings. The smallest absolute Gasteiger partial charge is 0.150 e. The number of ether oxygens (including phenoxy) is 1. The zero-order chi connectivity index (χ0) is 12.8. The fraction of sp³-hybridized carbons (Fsp3) is 1.00. The van der Waals surface area contributed by atoms with E-state index in [4.69, 9.17) is 4.74 Å². The van der Waals surface area contributed by atoms with E-state index in [-0.39, 0.29) is 5.41 Å². The molecule has 0 N–H and O–H groups in total. The third kappa shape index (κ3) is 5.26. The van der Waals surface area contributed by atoms with Gasteiger partial charge in [-0.2, -0.15) is 0 Å². The van der Waals surface area contributed by atoms with Crippen molar-refractivity contribution in [1.29, 1.82) is 0 Å². The molecule has 0 saturated carbocycles. The molecule has 3 nitrogen and oxygen atoms in total. The van der Waals surface area contributed by atoms with E-state index in [1.54, 1.807) is 0 Å². The Morgan fingerprint density at radius 2 is 1.88 bits per heavy atom. The van der Waals surface area contributed by atoms with E-state index in [1.807, 2.05) is 0 Å². The minimum atomic E-state index is -2.91. The van der Waals surface area contributed by atoms with Crippen LogP contribution >= 0.6 is 15.9 Å². The van der Waals surface area contributed by atoms with E-state index < -0.39 is 9.84 Å². The van der Waals surface area contributed by atoms with E-state index in [0.29, 0.717) is 24.7 Å². The highest BCUT2D eigenvalue weighted by atomic mass is 79.9. The number of sulfone groups is 1. The highest BCUT2D eigenvalue weighted by molar-refractivity contribution is 9.09. The van der Waals surface area contributed by atoms with Gasteiger partial charge in [-0.05, 0) is 24.7 Å². The van der Waals surface area contributed by atoms with Gasteiger partial charge in [0.1, 0.15) is 0 Å². The molecule has 0 aromatic carbocycles. The van der Waals surface area contributed by atoms with Gasteiger partial charge in [-0.3, -0.25) is 0 Å². The van der Waals surface area contributed by atoms with Gasteiger partial charge in [-0.15, -0.1) is 0 Å². The topological polar surface area (TPSA) is 43.4 Å². The molecule has 1 saturated heterocycles. The number of alkyl halides is 1. The van der Waals surface area contributed by atoms with Gasteiger partial charge in [0, 0.05) is 18.5 Å². The van der Waals surface area contributed by atoms with Crippen LogP contribution in [0.5, 0.6) is 0 Å². The Kier molecular flexibility index (Phi) is 6.45. The minimum absolute atomic E-state index is 0.0940. The molecular formula is C12H23BrO3S. The van der Waals surface area contributed by atoms with Crippen LogP contribution < -0.4 is 0 Å². The Hall–Kier alpha value is 0.390. The van der Waals surface area contributed by atoms with E-state index >= 15 is 0 Å². The van der Waals surface area contributed by atoms with Crippen LogP contribution in [-0.4, -0.2) is 38.5 Å². The average molecular weight is 327 g/mol. The lowest BCUT2D eigenvalue weighted by Gasteiger charge is -2.35. The molecule has 1 rings (SSSR count). The zero-order valence-corrected chi connectivity index (χ0v) is 13.0. The molecule has 1 heterocycles. The largest absolute Gasteiger partial charge is 0.381 e. The van der Waals surface area contributed by atoms with Crippen LogP contribution in [0.25, 0.3) is 0 Å². The number of unbranched alkanes of at least 4 members (excludes halogenated alkanes) is 2. The molecule has 0 unspecified atom stereocenters. The second-order valence-corrected chi connectivity index (χ2v) is 7.79. The Morgan fingerprint density at radius 3 is 2.41 bits per heavy atom. The maximum atomic E-state index is 12.1. The third-order valence-electron chi connectivity index (χ3n) is 3.42. The van der Waals surface area contributed by atoms with Crippen LogP contribution in [0.1, 0.15) is 39.0 Å². The summed E-state index contributed by atoms with van der Waals surface area (Å²) in [5, 5.41) is 0.760. The van der Waals surface area contributed by atoms with Crippen molar-refractivity contribution in [3.63, 3.8) is 0 Å². The standard InChI is InChI=1S/C12H23BrO3S/c1-2-3-4-9-17(14,15)11-12(10-13)5-7-16-8-6-12/h2-11H2,1H3. The van der Waals surface area contributed by atoms with Crippen LogP contribution in [-0.2, 0) is 14.6 Å². The molecule has 1 aliphatic heterocycles. The molecule has 0 aromatic rings. The summed E-state index contributed by atoms with van der Waals surface area (Å²) in [5.41, 5.74) is -0.0940. The molecule has 17 heavy (non-hydrogen) atoms. The summed E-state index contributed by atoms with van der Waals surface area (Å²) in [5.74, 6) is 0.661. The first-order valence-electron chi connectivity index (χ1n) is 6.38. The second-order valence-electron chi connectivity index (χ2n) is 5.05. The lowest BCUT2D eigenvalue weighted by atomic mass is 9.85. The SMILES string of the molecule is CCCCCS(=O)(=O)CC1(CBr)CCOCC1. The minimum Gasteiger partial charge on any atom is -0.381 e. The van der Waals surface area contributed by atoms with E-state index in [0.717, 1.165) is 37.4 Å². The summed E-state index contributed by atoms with van der Waals surface area (Å²) in [4.78, 5) is 0. The number of hydrogen-bond donors (Lipinski definition) is 0. The van der Waals surface area contributed by atoms with Crippen molar-refractivity contribution in [3.8, 4) is 0 Å². The summed E-state index contributed by atoms with van der Waals surface area (Å²) in [6, 6.07) is 0. The van der Waals surface area contributed by atoms with Gasteiger partial charge in [-0.25, -0.2) is 8.42 Å². The summed E-state index contributed by atoms with van der Waals surface area (Å²) < 4.78 is 29.5. The molecule has 0 aliphatic carbocycles. The lowest BCUT2D eigenvalue weighted by Crippen LogP contribution is -2.38. The van der Waals surface area contributed by atoms with Crippen molar-refractivity contribution in [2.24, 2.45) is 5.41 Å². The summed E-state index contributed by atoms with van der Waals surface area (Å²) in [6.45, 7) is 3.47. The van der Waals surface area contributed by atoms with E-state index in [2.05, 4.69) is 22.9 Å². The van der Waals surface area contributed by atoms with Gasteiger partial charge in [0.2, 0.25) is 0 Å². The van der Waals surface area contributed by atoms with Gasteiger partial charge >= 0.3 is 0 Å². The first-order valence-corrected chi connectivity index (χ1v) is 9.32. The summed E-state index contributed by atoms with van der Waals surface area (Å²) in [7, 11) is -2.91. The fourth-order valence-electron chi connectivity index (χ4n) is 2.23. The van der Waals surface area contributed by atoms with Gasteiger partial charge in [-0.1, -0.05) is 35.7 Å². The highest BCUT2D eigenvalue weighted by Gasteiger charge is 2.35. The highest BCUT2D eigenvalue weighted by Crippen LogP contribution is 2.34. The van der Waals surface area contributed by atoms with Crippen molar-refractivity contribution in [2.75, 3.05) is 30.0 Å². The van der Waals surface area contributed by atoms with Crippen LogP contribution in [0.2, 0.25) is 0 Å². The molecule has 102 valence electrons. The quantitative estimate of drug-likeness (QED) is 0.533. The predicted molar refractivity (Wildman–Crippen MR) is 74.5 cm³/mol. The van der Waals surface area contributed by atoms with Crippen LogP contribution in [0.3, 0.4) is 0 Å². The molecular weight excluding hydrogens is 304 g/mol. The maximum absolute atomic E-state index is 12.1. The first-order chi connectivity index (χ1) is 8.04. The van der Waals surface area contributed by atoms with E-state index in [1.165, 1.54) is 0 Å². The Balaban J connectivity index is 2.54. The Bertz CT molecular complexity index is 308. The lowest BCUT2D eigenvalue weighted by molar-refractivity contribution is 0.0367. The van der Waals surface area contributed by atoms with E-state index in [9.17, 15) is 8.42 Å². The van der Waals surface area contributed by atoms with Gasteiger partial charge < -0.3 is 4.74 Å². The monoisotopic (exact) mass is 326 g/mol. The van der Waals surface area contributed by atoms with Crippen molar-refractivity contribution in [3.05, 3.63) is 0 Å². The average Bonchev–Trinajstić information content (AvgIpc) is 2.30. The van der Waals surface area contributed by atoms with Gasteiger partial charge in [0.15, 0.2) is 9.84 Å². The summed E-state index contributed by atoms with van der Waals surface area (Å²) in [6.07, 6.45) is 4.57. The molecule has 0 amide bonds. The normalized spacial score (nSPS) is 20.4. The van der Waals surface area contributed by atoms with Crippen molar-refractivity contribution < 1.29 is 13.2 Å². The second kappa shape index (κ2) is 7.10. The van der Waals surface area contributed by atoms with Crippen molar-refractivity contribution >= 4 is 25.8 Å². The maximum Gasteiger partial charge on any atom is 0.150 e. The van der Waals surface area contributed by atoms with Crippen molar-refractivity contribution in [2.45, 2.75) is 39.0 Å². The summed E-state index contributed by atoms with van der Waals surface area (Å²) >= 11 is 3.48. The van der Waals surface area contributed by atoms with Crippen molar-refractivity contribution in [1.82, 2.24) is 0 Å². The molecule has 1 fully saturated rings. The third-order valence-corrected chi connectivity index (χ3v) is 6.57.